The summed E-state index contributed by atoms with van der Waals surface area (Å²) in [6.45, 7) is 2.40. The summed E-state index contributed by atoms with van der Waals surface area (Å²) in [5.41, 5.74) is 0.676. The molecular weight excluding hydrogens is 474 g/mol. The molecule has 1 aromatic heterocycles. The average molecular weight is 498 g/mol. The summed E-state index contributed by atoms with van der Waals surface area (Å²) >= 11 is 6.30. The first-order valence-electron chi connectivity index (χ1n) is 10.8. The number of benzene rings is 2. The standard InChI is InChI=1S/C26H24ClNO7/c1-4-34-16-9-7-15(8-10-16)23-22(25(30)26(31)28(23)14-17-6-5-11-35-17)24(29)18-12-19(27)21(33-3)13-20(18)32-2/h5-13,23,29H,4,14H2,1-3H3/b24-22+. The van der Waals surface area contributed by atoms with Crippen molar-refractivity contribution < 1.29 is 33.3 Å². The lowest BCUT2D eigenvalue weighted by atomic mass is 9.94. The van der Waals surface area contributed by atoms with Crippen molar-refractivity contribution in [3.63, 3.8) is 0 Å². The van der Waals surface area contributed by atoms with E-state index in [0.717, 1.165) is 0 Å². The highest BCUT2D eigenvalue weighted by Crippen LogP contribution is 2.43. The zero-order chi connectivity index (χ0) is 25.1. The SMILES string of the molecule is CCOc1ccc(C2/C(=C(\O)c3cc(Cl)c(OC)cc3OC)C(=O)C(=O)N2Cc2ccco2)cc1. The lowest BCUT2D eigenvalue weighted by Gasteiger charge is -2.25. The summed E-state index contributed by atoms with van der Waals surface area (Å²) in [5, 5.41) is 11.6. The van der Waals surface area contributed by atoms with Crippen LogP contribution in [0, 0.1) is 0 Å². The van der Waals surface area contributed by atoms with Gasteiger partial charge in [0, 0.05) is 6.07 Å². The monoisotopic (exact) mass is 497 g/mol. The largest absolute Gasteiger partial charge is 0.507 e. The van der Waals surface area contributed by atoms with Gasteiger partial charge in [-0.3, -0.25) is 9.59 Å². The second-order valence-corrected chi connectivity index (χ2v) is 8.10. The van der Waals surface area contributed by atoms with Crippen molar-refractivity contribution in [3.8, 4) is 17.2 Å². The van der Waals surface area contributed by atoms with Crippen molar-refractivity contribution in [2.45, 2.75) is 19.5 Å². The second kappa shape index (κ2) is 10.1. The van der Waals surface area contributed by atoms with E-state index in [2.05, 4.69) is 0 Å². The summed E-state index contributed by atoms with van der Waals surface area (Å²) < 4.78 is 21.6. The fraction of sp³-hybridized carbons (Fsp3) is 0.231. The van der Waals surface area contributed by atoms with Crippen molar-refractivity contribution in [2.24, 2.45) is 0 Å². The zero-order valence-electron chi connectivity index (χ0n) is 19.4. The van der Waals surface area contributed by atoms with E-state index in [0.29, 0.717) is 29.4 Å². The van der Waals surface area contributed by atoms with Crippen molar-refractivity contribution >= 4 is 29.1 Å². The van der Waals surface area contributed by atoms with Gasteiger partial charge in [-0.25, -0.2) is 0 Å². The highest BCUT2D eigenvalue weighted by Gasteiger charge is 2.46. The molecule has 0 spiro atoms. The van der Waals surface area contributed by atoms with Crippen LogP contribution in [-0.2, 0) is 16.1 Å². The van der Waals surface area contributed by atoms with Gasteiger partial charge in [0.2, 0.25) is 0 Å². The van der Waals surface area contributed by atoms with Gasteiger partial charge in [-0.05, 0) is 42.8 Å². The molecule has 1 saturated heterocycles. The zero-order valence-corrected chi connectivity index (χ0v) is 20.2. The number of nitrogens with zero attached hydrogens (tertiary/aromatic N) is 1. The molecule has 0 radical (unpaired) electrons. The van der Waals surface area contributed by atoms with Crippen LogP contribution in [0.2, 0.25) is 5.02 Å². The van der Waals surface area contributed by atoms with Crippen molar-refractivity contribution in [2.75, 3.05) is 20.8 Å². The van der Waals surface area contributed by atoms with E-state index in [4.69, 9.17) is 30.2 Å². The molecule has 35 heavy (non-hydrogen) atoms. The van der Waals surface area contributed by atoms with Crippen LogP contribution in [0.15, 0.2) is 64.8 Å². The van der Waals surface area contributed by atoms with Gasteiger partial charge in [-0.15, -0.1) is 0 Å². The Kier molecular flexibility index (Phi) is 7.02. The van der Waals surface area contributed by atoms with E-state index in [-0.39, 0.29) is 28.5 Å². The highest BCUT2D eigenvalue weighted by atomic mass is 35.5. The Morgan fingerprint density at radius 3 is 2.40 bits per heavy atom. The van der Waals surface area contributed by atoms with Crippen LogP contribution in [-0.4, -0.2) is 42.5 Å². The minimum atomic E-state index is -0.888. The Balaban J connectivity index is 1.89. The molecule has 0 aliphatic carbocycles. The Morgan fingerprint density at radius 1 is 1.09 bits per heavy atom. The van der Waals surface area contributed by atoms with Gasteiger partial charge >= 0.3 is 0 Å². The number of carbonyl (C=O) groups excluding carboxylic acids is 2. The number of amides is 1. The number of hydrogen-bond donors (Lipinski definition) is 1. The number of halogens is 1. The van der Waals surface area contributed by atoms with Crippen LogP contribution >= 0.6 is 11.6 Å². The first-order chi connectivity index (χ1) is 16.9. The molecule has 1 unspecified atom stereocenters. The molecule has 2 heterocycles. The number of furan rings is 1. The molecule has 182 valence electrons. The minimum absolute atomic E-state index is 0.0345. The number of carbonyl (C=O) groups is 2. The van der Waals surface area contributed by atoms with Gasteiger partial charge in [-0.2, -0.15) is 0 Å². The number of hydrogen-bond acceptors (Lipinski definition) is 7. The molecule has 0 saturated carbocycles. The number of aliphatic hydroxyl groups is 1. The molecule has 1 fully saturated rings. The van der Waals surface area contributed by atoms with Gasteiger partial charge in [-0.1, -0.05) is 23.7 Å². The number of ether oxygens (including phenoxy) is 3. The Hall–Kier alpha value is -3.91. The molecule has 1 aliphatic heterocycles. The summed E-state index contributed by atoms with van der Waals surface area (Å²) in [6, 6.07) is 12.5. The number of rotatable bonds is 8. The van der Waals surface area contributed by atoms with Crippen molar-refractivity contribution in [3.05, 3.63) is 82.3 Å². The number of likely N-dealkylation sites (tertiary alicyclic amines) is 1. The fourth-order valence-corrected chi connectivity index (χ4v) is 4.30. The van der Waals surface area contributed by atoms with Gasteiger partial charge < -0.3 is 28.6 Å². The number of aliphatic hydroxyl groups excluding tert-OH is 1. The molecule has 4 rings (SSSR count). The van der Waals surface area contributed by atoms with Crippen LogP contribution < -0.4 is 14.2 Å². The summed E-state index contributed by atoms with van der Waals surface area (Å²) in [4.78, 5) is 27.8. The van der Waals surface area contributed by atoms with Crippen LogP contribution in [0.1, 0.15) is 29.9 Å². The number of Topliss-reactive ketones (excluding diaryl/α,β-unsaturated/α-hetero) is 1. The third-order valence-corrected chi connectivity index (χ3v) is 5.98. The van der Waals surface area contributed by atoms with E-state index in [9.17, 15) is 14.7 Å². The average Bonchev–Trinajstić information content (AvgIpc) is 3.46. The fourth-order valence-electron chi connectivity index (χ4n) is 4.06. The van der Waals surface area contributed by atoms with Crippen LogP contribution in [0.5, 0.6) is 17.2 Å². The van der Waals surface area contributed by atoms with Gasteiger partial charge in [0.15, 0.2) is 0 Å². The summed E-state index contributed by atoms with van der Waals surface area (Å²) in [7, 11) is 2.87. The van der Waals surface area contributed by atoms with Gasteiger partial charge in [0.05, 0.1) is 55.8 Å². The van der Waals surface area contributed by atoms with Crippen LogP contribution in [0.3, 0.4) is 0 Å². The van der Waals surface area contributed by atoms with E-state index in [1.165, 1.54) is 37.5 Å². The summed E-state index contributed by atoms with van der Waals surface area (Å²) in [6.07, 6.45) is 1.49. The molecule has 1 N–H and O–H groups in total. The highest BCUT2D eigenvalue weighted by molar-refractivity contribution is 6.46. The third-order valence-electron chi connectivity index (χ3n) is 5.68. The molecule has 1 aliphatic rings. The van der Waals surface area contributed by atoms with Crippen molar-refractivity contribution in [1.29, 1.82) is 0 Å². The summed E-state index contributed by atoms with van der Waals surface area (Å²) in [5.74, 6) is -0.309. The maximum atomic E-state index is 13.3. The smallest absolute Gasteiger partial charge is 0.296 e. The number of ketones is 1. The molecule has 3 aromatic rings. The Bertz CT molecular complexity index is 1270. The third kappa shape index (κ3) is 4.57. The maximum Gasteiger partial charge on any atom is 0.296 e. The van der Waals surface area contributed by atoms with E-state index < -0.39 is 23.5 Å². The molecule has 9 heteroatoms. The molecule has 0 bridgehead atoms. The molecular formula is C26H24ClNO7. The van der Waals surface area contributed by atoms with Crippen molar-refractivity contribution in [1.82, 2.24) is 4.90 Å². The predicted molar refractivity (Wildman–Crippen MR) is 129 cm³/mol. The lowest BCUT2D eigenvalue weighted by molar-refractivity contribution is -0.140. The Labute approximate surface area is 207 Å². The molecule has 1 atom stereocenters. The molecule has 1 amide bonds. The normalized spacial score (nSPS) is 17.0. The Morgan fingerprint density at radius 2 is 1.80 bits per heavy atom. The quantitative estimate of drug-likeness (QED) is 0.266. The number of methoxy groups -OCH3 is 2. The van der Waals surface area contributed by atoms with E-state index in [1.54, 1.807) is 36.4 Å². The van der Waals surface area contributed by atoms with Gasteiger partial charge in [0.1, 0.15) is 28.8 Å². The second-order valence-electron chi connectivity index (χ2n) is 7.70. The minimum Gasteiger partial charge on any atom is -0.507 e. The van der Waals surface area contributed by atoms with Crippen LogP contribution in [0.25, 0.3) is 5.76 Å². The van der Waals surface area contributed by atoms with Gasteiger partial charge in [0.25, 0.3) is 11.7 Å². The molecule has 8 nitrogen and oxygen atoms in total. The predicted octanol–water partition coefficient (Wildman–Crippen LogP) is 4.97. The first-order valence-corrected chi connectivity index (χ1v) is 11.2. The molecule has 2 aromatic carbocycles. The topological polar surface area (TPSA) is 98.4 Å². The van der Waals surface area contributed by atoms with E-state index in [1.807, 2.05) is 6.92 Å². The lowest BCUT2D eigenvalue weighted by Crippen LogP contribution is -2.29. The first kappa shape index (κ1) is 24.2. The maximum absolute atomic E-state index is 13.3. The van der Waals surface area contributed by atoms with E-state index >= 15 is 0 Å². The van der Waals surface area contributed by atoms with Crippen LogP contribution in [0.4, 0.5) is 0 Å².